The first-order chi connectivity index (χ1) is 10.6. The van der Waals surface area contributed by atoms with Gasteiger partial charge in [0, 0.05) is 17.5 Å². The average molecular weight is 328 g/mol. The molecular weight excluding hydrogens is 308 g/mol. The zero-order valence-electron chi connectivity index (χ0n) is 12.6. The SMILES string of the molecule is COc1nsc(OC)c1CNC(=O)C1CCC(C(=O)O)CC1. The summed E-state index contributed by atoms with van der Waals surface area (Å²) in [6.45, 7) is 0.292. The van der Waals surface area contributed by atoms with Crippen molar-refractivity contribution in [1.29, 1.82) is 0 Å². The summed E-state index contributed by atoms with van der Waals surface area (Å²) >= 11 is 1.18. The molecule has 2 rings (SSSR count). The van der Waals surface area contributed by atoms with Gasteiger partial charge >= 0.3 is 5.97 Å². The third-order valence-corrected chi connectivity index (χ3v) is 4.82. The van der Waals surface area contributed by atoms with Gasteiger partial charge in [0.1, 0.15) is 0 Å². The van der Waals surface area contributed by atoms with Gasteiger partial charge in [0.15, 0.2) is 0 Å². The third-order valence-electron chi connectivity index (χ3n) is 3.98. The second-order valence-electron chi connectivity index (χ2n) is 5.27. The fraction of sp³-hybridized carbons (Fsp3) is 0.643. The van der Waals surface area contributed by atoms with E-state index < -0.39 is 5.97 Å². The van der Waals surface area contributed by atoms with Crippen molar-refractivity contribution in [2.24, 2.45) is 11.8 Å². The molecule has 1 heterocycles. The Morgan fingerprint density at radius 1 is 1.23 bits per heavy atom. The molecule has 1 aliphatic carbocycles. The minimum absolute atomic E-state index is 0.0563. The maximum atomic E-state index is 12.2. The molecular formula is C14H20N2O5S. The van der Waals surface area contributed by atoms with Crippen molar-refractivity contribution in [3.63, 3.8) is 0 Å². The number of hydrogen-bond acceptors (Lipinski definition) is 6. The van der Waals surface area contributed by atoms with Crippen LogP contribution in [0.4, 0.5) is 0 Å². The second-order valence-corrected chi connectivity index (χ2v) is 6.00. The Labute approximate surface area is 132 Å². The van der Waals surface area contributed by atoms with Crippen LogP contribution in [0.25, 0.3) is 0 Å². The molecule has 0 spiro atoms. The number of aromatic nitrogens is 1. The number of rotatable bonds is 6. The predicted octanol–water partition coefficient (Wildman–Crippen LogP) is 1.67. The second kappa shape index (κ2) is 7.44. The highest BCUT2D eigenvalue weighted by molar-refractivity contribution is 7.08. The van der Waals surface area contributed by atoms with E-state index in [1.807, 2.05) is 0 Å². The van der Waals surface area contributed by atoms with Crippen LogP contribution < -0.4 is 14.8 Å². The van der Waals surface area contributed by atoms with E-state index in [-0.39, 0.29) is 17.7 Å². The Bertz CT molecular complexity index is 516. The van der Waals surface area contributed by atoms with Crippen LogP contribution in [0, 0.1) is 11.8 Å². The highest BCUT2D eigenvalue weighted by atomic mass is 32.1. The van der Waals surface area contributed by atoms with Crippen molar-refractivity contribution < 1.29 is 24.2 Å². The molecule has 1 saturated carbocycles. The monoisotopic (exact) mass is 328 g/mol. The number of aliphatic carboxylic acids is 1. The smallest absolute Gasteiger partial charge is 0.306 e. The lowest BCUT2D eigenvalue weighted by molar-refractivity contribution is -0.144. The number of nitrogens with zero attached hydrogens (tertiary/aromatic N) is 1. The number of methoxy groups -OCH3 is 2. The number of carboxylic acids is 1. The molecule has 2 N–H and O–H groups in total. The van der Waals surface area contributed by atoms with Gasteiger partial charge in [-0.1, -0.05) is 0 Å². The summed E-state index contributed by atoms with van der Waals surface area (Å²) in [5.41, 5.74) is 0.725. The van der Waals surface area contributed by atoms with E-state index in [1.54, 1.807) is 7.11 Å². The van der Waals surface area contributed by atoms with E-state index in [0.29, 0.717) is 43.2 Å². The topological polar surface area (TPSA) is 97.8 Å². The number of ether oxygens (including phenoxy) is 2. The van der Waals surface area contributed by atoms with E-state index >= 15 is 0 Å². The molecule has 0 atom stereocenters. The van der Waals surface area contributed by atoms with Gasteiger partial charge in [-0.05, 0) is 25.7 Å². The van der Waals surface area contributed by atoms with Crippen molar-refractivity contribution >= 4 is 23.4 Å². The molecule has 1 fully saturated rings. The van der Waals surface area contributed by atoms with Gasteiger partial charge in [0.2, 0.25) is 16.9 Å². The molecule has 122 valence electrons. The summed E-state index contributed by atoms with van der Waals surface area (Å²) in [5.74, 6) is -0.807. The first kappa shape index (κ1) is 16.5. The van der Waals surface area contributed by atoms with Crippen LogP contribution >= 0.6 is 11.5 Å². The molecule has 8 heteroatoms. The number of nitrogens with one attached hydrogen (secondary N) is 1. The summed E-state index contributed by atoms with van der Waals surface area (Å²) in [6, 6.07) is 0. The molecule has 0 radical (unpaired) electrons. The number of amides is 1. The highest BCUT2D eigenvalue weighted by Gasteiger charge is 2.30. The van der Waals surface area contributed by atoms with Crippen LogP contribution in [0.3, 0.4) is 0 Å². The maximum Gasteiger partial charge on any atom is 0.306 e. The standard InChI is InChI=1S/C14H20N2O5S/c1-20-12-10(14(21-2)22-16-12)7-15-11(17)8-3-5-9(6-4-8)13(18)19/h8-9H,3-7H2,1-2H3,(H,15,17)(H,18,19). The van der Waals surface area contributed by atoms with Crippen molar-refractivity contribution in [3.05, 3.63) is 5.56 Å². The zero-order valence-corrected chi connectivity index (χ0v) is 13.4. The van der Waals surface area contributed by atoms with Gasteiger partial charge in [0.05, 0.1) is 32.2 Å². The zero-order chi connectivity index (χ0) is 16.1. The van der Waals surface area contributed by atoms with Gasteiger partial charge < -0.3 is 19.9 Å². The predicted molar refractivity (Wildman–Crippen MR) is 80.1 cm³/mol. The van der Waals surface area contributed by atoms with Gasteiger partial charge in [-0.3, -0.25) is 9.59 Å². The molecule has 22 heavy (non-hydrogen) atoms. The summed E-state index contributed by atoms with van der Waals surface area (Å²) < 4.78 is 14.5. The summed E-state index contributed by atoms with van der Waals surface area (Å²) in [7, 11) is 3.07. The van der Waals surface area contributed by atoms with Crippen LogP contribution in [0.5, 0.6) is 10.9 Å². The lowest BCUT2D eigenvalue weighted by Gasteiger charge is -2.25. The highest BCUT2D eigenvalue weighted by Crippen LogP contribution is 2.33. The first-order valence-electron chi connectivity index (χ1n) is 7.13. The Balaban J connectivity index is 1.88. The van der Waals surface area contributed by atoms with Gasteiger partial charge in [0.25, 0.3) is 0 Å². The normalized spacial score (nSPS) is 21.2. The average Bonchev–Trinajstić information content (AvgIpc) is 2.94. The Hall–Kier alpha value is -1.83. The maximum absolute atomic E-state index is 12.2. The molecule has 0 aromatic carbocycles. The van der Waals surface area contributed by atoms with Gasteiger partial charge in [-0.2, -0.15) is 4.37 Å². The molecule has 0 aliphatic heterocycles. The number of carbonyl (C=O) groups excluding carboxylic acids is 1. The fourth-order valence-corrected chi connectivity index (χ4v) is 3.37. The molecule has 1 aromatic rings. The first-order valence-corrected chi connectivity index (χ1v) is 7.91. The number of carboxylic acid groups (broad SMARTS) is 1. The van der Waals surface area contributed by atoms with Gasteiger partial charge in [-0.25, -0.2) is 0 Å². The van der Waals surface area contributed by atoms with Crippen LogP contribution in [0.1, 0.15) is 31.2 Å². The van der Waals surface area contributed by atoms with E-state index in [9.17, 15) is 9.59 Å². The summed E-state index contributed by atoms with van der Waals surface area (Å²) in [6.07, 6.45) is 2.33. The summed E-state index contributed by atoms with van der Waals surface area (Å²) in [4.78, 5) is 23.1. The van der Waals surface area contributed by atoms with Crippen LogP contribution in [-0.4, -0.2) is 35.6 Å². The molecule has 1 aromatic heterocycles. The molecule has 7 nitrogen and oxygen atoms in total. The van der Waals surface area contributed by atoms with Crippen molar-refractivity contribution in [2.75, 3.05) is 14.2 Å². The molecule has 1 amide bonds. The quantitative estimate of drug-likeness (QED) is 0.824. The largest absolute Gasteiger partial charge is 0.486 e. The van der Waals surface area contributed by atoms with E-state index in [4.69, 9.17) is 14.6 Å². The molecule has 0 saturated heterocycles. The lowest BCUT2D eigenvalue weighted by atomic mass is 9.81. The van der Waals surface area contributed by atoms with E-state index in [1.165, 1.54) is 18.6 Å². The van der Waals surface area contributed by atoms with E-state index in [2.05, 4.69) is 9.69 Å². The van der Waals surface area contributed by atoms with Crippen molar-refractivity contribution in [3.8, 4) is 10.9 Å². The molecule has 0 bridgehead atoms. The Morgan fingerprint density at radius 3 is 2.41 bits per heavy atom. The van der Waals surface area contributed by atoms with Crippen molar-refractivity contribution in [1.82, 2.24) is 9.69 Å². The third kappa shape index (κ3) is 3.68. The van der Waals surface area contributed by atoms with Crippen LogP contribution in [0.15, 0.2) is 0 Å². The number of hydrogen-bond donors (Lipinski definition) is 2. The molecule has 1 aliphatic rings. The number of carbonyl (C=O) groups is 2. The van der Waals surface area contributed by atoms with Gasteiger partial charge in [-0.15, -0.1) is 0 Å². The van der Waals surface area contributed by atoms with Crippen molar-refractivity contribution in [2.45, 2.75) is 32.2 Å². The van der Waals surface area contributed by atoms with E-state index in [0.717, 1.165) is 5.56 Å². The lowest BCUT2D eigenvalue weighted by Crippen LogP contribution is -2.34. The Kier molecular flexibility index (Phi) is 5.59. The minimum atomic E-state index is -0.766. The molecule has 0 unspecified atom stereocenters. The van der Waals surface area contributed by atoms with Crippen LogP contribution in [0.2, 0.25) is 0 Å². The fourth-order valence-electron chi connectivity index (χ4n) is 2.67. The van der Waals surface area contributed by atoms with Crippen LogP contribution in [-0.2, 0) is 16.1 Å². The Morgan fingerprint density at radius 2 is 1.86 bits per heavy atom. The summed E-state index contributed by atoms with van der Waals surface area (Å²) in [5, 5.41) is 12.5. The minimum Gasteiger partial charge on any atom is -0.486 e.